The first-order valence-corrected chi connectivity index (χ1v) is 9.50. The first kappa shape index (κ1) is 17.4. The molecule has 4 aromatic rings. The average molecular weight is 377 g/mol. The van der Waals surface area contributed by atoms with Crippen LogP contribution in [0.15, 0.2) is 46.9 Å². The normalized spacial score (nSPS) is 11.1. The zero-order valence-corrected chi connectivity index (χ0v) is 16.2. The van der Waals surface area contributed by atoms with E-state index in [1.807, 2.05) is 37.3 Å². The second kappa shape index (κ2) is 6.96. The van der Waals surface area contributed by atoms with Gasteiger partial charge in [-0.3, -0.25) is 4.79 Å². The second-order valence-corrected chi connectivity index (χ2v) is 7.80. The number of aryl methyl sites for hydroxylation is 3. The van der Waals surface area contributed by atoms with Crippen molar-refractivity contribution in [1.82, 2.24) is 9.97 Å². The van der Waals surface area contributed by atoms with Gasteiger partial charge in [0.25, 0.3) is 0 Å². The largest absolute Gasteiger partial charge is 0.441 e. The maximum Gasteiger partial charge on any atom is 0.229 e. The van der Waals surface area contributed by atoms with Gasteiger partial charge in [0.05, 0.1) is 17.1 Å². The minimum Gasteiger partial charge on any atom is -0.441 e. The highest BCUT2D eigenvalue weighted by atomic mass is 32.1. The van der Waals surface area contributed by atoms with E-state index in [1.54, 1.807) is 18.3 Å². The molecule has 1 N–H and O–H groups in total. The van der Waals surface area contributed by atoms with Crippen molar-refractivity contribution in [2.45, 2.75) is 27.2 Å². The number of aromatic nitrogens is 2. The Hall–Kier alpha value is -2.99. The predicted octanol–water partition coefficient (Wildman–Crippen LogP) is 5.06. The lowest BCUT2D eigenvalue weighted by molar-refractivity contribution is -0.115. The fourth-order valence-corrected chi connectivity index (χ4v) is 3.95. The molecule has 0 fully saturated rings. The summed E-state index contributed by atoms with van der Waals surface area (Å²) < 4.78 is 5.47. The highest BCUT2D eigenvalue weighted by Gasteiger charge is 2.15. The molecular weight excluding hydrogens is 358 g/mol. The number of benzene rings is 2. The van der Waals surface area contributed by atoms with Crippen molar-refractivity contribution in [2.24, 2.45) is 0 Å². The molecule has 136 valence electrons. The van der Waals surface area contributed by atoms with Crippen LogP contribution in [0.3, 0.4) is 0 Å². The molecule has 0 aliphatic heterocycles. The van der Waals surface area contributed by atoms with Crippen LogP contribution in [0.5, 0.6) is 0 Å². The molecule has 0 bridgehead atoms. The van der Waals surface area contributed by atoms with E-state index in [2.05, 4.69) is 34.3 Å². The standard InChI is InChI=1S/C21H19N3O2S/c1-12-4-6-15(7-5-12)21-19(27-14(3)23-21)11-20(25)24-16-8-9-18-17(10-16)22-13(2)26-18/h4-10H,11H2,1-3H3,(H,24,25). The number of hydrogen-bond donors (Lipinski definition) is 1. The third-order valence-corrected chi connectivity index (χ3v) is 5.20. The lowest BCUT2D eigenvalue weighted by atomic mass is 10.1. The zero-order valence-electron chi connectivity index (χ0n) is 15.4. The summed E-state index contributed by atoms with van der Waals surface area (Å²) in [6.07, 6.45) is 0.282. The number of thiazole rings is 1. The van der Waals surface area contributed by atoms with Gasteiger partial charge in [0, 0.05) is 23.1 Å². The van der Waals surface area contributed by atoms with Crippen molar-refractivity contribution < 1.29 is 9.21 Å². The minimum atomic E-state index is -0.0772. The van der Waals surface area contributed by atoms with E-state index < -0.39 is 0 Å². The van der Waals surface area contributed by atoms with Crippen LogP contribution >= 0.6 is 11.3 Å². The highest BCUT2D eigenvalue weighted by molar-refractivity contribution is 7.12. The van der Waals surface area contributed by atoms with E-state index in [9.17, 15) is 4.79 Å². The summed E-state index contributed by atoms with van der Waals surface area (Å²) in [5.41, 5.74) is 5.27. The van der Waals surface area contributed by atoms with E-state index >= 15 is 0 Å². The molecule has 0 saturated carbocycles. The molecule has 1 amide bonds. The molecule has 0 saturated heterocycles. The molecule has 2 aromatic carbocycles. The number of anilines is 1. The second-order valence-electron chi connectivity index (χ2n) is 6.51. The van der Waals surface area contributed by atoms with Crippen molar-refractivity contribution in [2.75, 3.05) is 5.32 Å². The molecule has 0 unspecified atom stereocenters. The van der Waals surface area contributed by atoms with E-state index in [0.29, 0.717) is 17.2 Å². The van der Waals surface area contributed by atoms with Gasteiger partial charge < -0.3 is 9.73 Å². The molecule has 0 aliphatic rings. The van der Waals surface area contributed by atoms with Crippen molar-refractivity contribution in [1.29, 1.82) is 0 Å². The number of rotatable bonds is 4. The molecule has 2 aromatic heterocycles. The van der Waals surface area contributed by atoms with Gasteiger partial charge in [-0.05, 0) is 32.0 Å². The zero-order chi connectivity index (χ0) is 19.0. The fourth-order valence-electron chi connectivity index (χ4n) is 3.00. The van der Waals surface area contributed by atoms with Gasteiger partial charge >= 0.3 is 0 Å². The topological polar surface area (TPSA) is 68.0 Å². The van der Waals surface area contributed by atoms with Crippen LogP contribution in [0.4, 0.5) is 5.69 Å². The minimum absolute atomic E-state index is 0.0772. The Bertz CT molecular complexity index is 1130. The Morgan fingerprint density at radius 1 is 1.07 bits per heavy atom. The molecule has 6 heteroatoms. The van der Waals surface area contributed by atoms with Crippen molar-refractivity contribution in [3.63, 3.8) is 0 Å². The molecule has 0 aliphatic carbocycles. The Morgan fingerprint density at radius 3 is 2.63 bits per heavy atom. The summed E-state index contributed by atoms with van der Waals surface area (Å²) in [5, 5.41) is 3.90. The van der Waals surface area contributed by atoms with Crippen molar-refractivity contribution in [3.8, 4) is 11.3 Å². The third kappa shape index (κ3) is 3.75. The van der Waals surface area contributed by atoms with Crippen LogP contribution in [-0.2, 0) is 11.2 Å². The van der Waals surface area contributed by atoms with Crippen molar-refractivity contribution >= 4 is 34.0 Å². The van der Waals surface area contributed by atoms with Gasteiger partial charge in [0.2, 0.25) is 5.91 Å². The molecule has 2 heterocycles. The molecule has 0 spiro atoms. The fraction of sp³-hybridized carbons (Fsp3) is 0.190. The third-order valence-electron chi connectivity index (χ3n) is 4.23. The molecule has 27 heavy (non-hydrogen) atoms. The molecular formula is C21H19N3O2S. The summed E-state index contributed by atoms with van der Waals surface area (Å²) >= 11 is 1.56. The highest BCUT2D eigenvalue weighted by Crippen LogP contribution is 2.29. The van der Waals surface area contributed by atoms with Crippen LogP contribution in [0.25, 0.3) is 22.4 Å². The summed E-state index contributed by atoms with van der Waals surface area (Å²) in [5.74, 6) is 0.530. The van der Waals surface area contributed by atoms with Gasteiger partial charge in [0.15, 0.2) is 11.5 Å². The summed E-state index contributed by atoms with van der Waals surface area (Å²) in [7, 11) is 0. The molecule has 0 atom stereocenters. The van der Waals surface area contributed by atoms with E-state index in [4.69, 9.17) is 4.42 Å². The lowest BCUT2D eigenvalue weighted by Crippen LogP contribution is -2.14. The summed E-state index contributed by atoms with van der Waals surface area (Å²) in [6, 6.07) is 13.7. The smallest absolute Gasteiger partial charge is 0.229 e. The lowest BCUT2D eigenvalue weighted by Gasteiger charge is -2.06. The van der Waals surface area contributed by atoms with Crippen LogP contribution in [0.2, 0.25) is 0 Å². The van der Waals surface area contributed by atoms with Gasteiger partial charge in [-0.1, -0.05) is 29.8 Å². The van der Waals surface area contributed by atoms with E-state index in [0.717, 1.165) is 26.7 Å². The van der Waals surface area contributed by atoms with Crippen molar-refractivity contribution in [3.05, 3.63) is 63.8 Å². The first-order chi connectivity index (χ1) is 13.0. The van der Waals surface area contributed by atoms with Crippen LogP contribution in [-0.4, -0.2) is 15.9 Å². The van der Waals surface area contributed by atoms with Gasteiger partial charge in [-0.2, -0.15) is 0 Å². The molecule has 4 rings (SSSR count). The van der Waals surface area contributed by atoms with Crippen LogP contribution < -0.4 is 5.32 Å². The SMILES string of the molecule is Cc1ccc(-c2nc(C)sc2CC(=O)Nc2ccc3oc(C)nc3c2)cc1. The quantitative estimate of drug-likeness (QED) is 0.540. The Balaban J connectivity index is 1.54. The number of nitrogens with one attached hydrogen (secondary N) is 1. The maximum atomic E-state index is 12.6. The van der Waals surface area contributed by atoms with Gasteiger partial charge in [-0.25, -0.2) is 9.97 Å². The Labute approximate surface area is 161 Å². The molecule has 0 radical (unpaired) electrons. The number of amides is 1. The Kier molecular flexibility index (Phi) is 4.49. The first-order valence-electron chi connectivity index (χ1n) is 8.68. The molecule has 5 nitrogen and oxygen atoms in total. The van der Waals surface area contributed by atoms with E-state index in [1.165, 1.54) is 5.56 Å². The Morgan fingerprint density at radius 2 is 1.85 bits per heavy atom. The number of carbonyl (C=O) groups excluding carboxylic acids is 1. The number of oxazole rings is 1. The number of fused-ring (bicyclic) bond motifs is 1. The monoisotopic (exact) mass is 377 g/mol. The number of nitrogens with zero attached hydrogens (tertiary/aromatic N) is 2. The summed E-state index contributed by atoms with van der Waals surface area (Å²) in [4.78, 5) is 22.5. The maximum absolute atomic E-state index is 12.6. The number of carbonyl (C=O) groups is 1. The van der Waals surface area contributed by atoms with Gasteiger partial charge in [-0.15, -0.1) is 11.3 Å². The summed E-state index contributed by atoms with van der Waals surface area (Å²) in [6.45, 7) is 5.82. The predicted molar refractivity (Wildman–Crippen MR) is 108 cm³/mol. The average Bonchev–Trinajstić information content (AvgIpc) is 3.16. The number of hydrogen-bond acceptors (Lipinski definition) is 5. The van der Waals surface area contributed by atoms with Crippen LogP contribution in [0.1, 0.15) is 21.3 Å². The van der Waals surface area contributed by atoms with Crippen LogP contribution in [0, 0.1) is 20.8 Å². The van der Waals surface area contributed by atoms with Gasteiger partial charge in [0.1, 0.15) is 5.52 Å². The van der Waals surface area contributed by atoms with E-state index in [-0.39, 0.29) is 12.3 Å².